The van der Waals surface area contributed by atoms with Crippen molar-refractivity contribution in [3.05, 3.63) is 115 Å². The third-order valence-corrected chi connectivity index (χ3v) is 9.03. The minimum atomic E-state index is 1.05. The Balaban J connectivity index is 1.39. The molecule has 174 valence electrons. The SMILES string of the molecule is c1ccc(-n2c3ccc(-c4nc5ccccc5s4)cc3c3cc(-c4nc5ccccc5s4)ccc32)cc1. The molecule has 0 amide bonds. The monoisotopic (exact) mass is 509 g/mol. The second-order valence-electron chi connectivity index (χ2n) is 9.11. The summed E-state index contributed by atoms with van der Waals surface area (Å²) in [6.45, 7) is 0. The molecule has 0 atom stereocenters. The number of aromatic nitrogens is 3. The van der Waals surface area contributed by atoms with E-state index in [1.807, 2.05) is 12.1 Å². The lowest BCUT2D eigenvalue weighted by Gasteiger charge is -2.08. The zero-order valence-corrected chi connectivity index (χ0v) is 21.3. The van der Waals surface area contributed by atoms with Gasteiger partial charge < -0.3 is 4.57 Å². The van der Waals surface area contributed by atoms with E-state index in [9.17, 15) is 0 Å². The summed E-state index contributed by atoms with van der Waals surface area (Å²) in [6, 6.07) is 40.8. The van der Waals surface area contributed by atoms with Gasteiger partial charge in [-0.3, -0.25) is 0 Å². The van der Waals surface area contributed by atoms with Crippen LogP contribution in [0.4, 0.5) is 0 Å². The quantitative estimate of drug-likeness (QED) is 0.237. The van der Waals surface area contributed by atoms with Crippen LogP contribution in [-0.2, 0) is 0 Å². The highest BCUT2D eigenvalue weighted by Gasteiger charge is 2.16. The molecule has 0 aliphatic carbocycles. The number of hydrogen-bond acceptors (Lipinski definition) is 4. The number of nitrogens with zero attached hydrogens (tertiary/aromatic N) is 3. The van der Waals surface area contributed by atoms with Crippen LogP contribution in [0.2, 0.25) is 0 Å². The van der Waals surface area contributed by atoms with Crippen LogP contribution in [0.15, 0.2) is 115 Å². The van der Waals surface area contributed by atoms with Gasteiger partial charge in [-0.15, -0.1) is 22.7 Å². The van der Waals surface area contributed by atoms with E-state index in [0.717, 1.165) is 37.9 Å². The van der Waals surface area contributed by atoms with Gasteiger partial charge in [0, 0.05) is 27.6 Å². The zero-order valence-electron chi connectivity index (χ0n) is 19.6. The summed E-state index contributed by atoms with van der Waals surface area (Å²) < 4.78 is 4.78. The standard InChI is InChI=1S/C32H19N3S2/c1-2-8-22(9-3-1)35-27-16-14-20(31-33-25-10-4-6-12-29(25)36-31)18-23(27)24-19-21(15-17-28(24)35)32-34-26-11-5-7-13-30(26)37-32/h1-19H. The van der Waals surface area contributed by atoms with Crippen molar-refractivity contribution in [3.63, 3.8) is 0 Å². The lowest BCUT2D eigenvalue weighted by molar-refractivity contribution is 1.18. The maximum atomic E-state index is 4.93. The summed E-state index contributed by atoms with van der Waals surface area (Å²) >= 11 is 3.49. The smallest absolute Gasteiger partial charge is 0.124 e. The van der Waals surface area contributed by atoms with Crippen LogP contribution in [0.1, 0.15) is 0 Å². The van der Waals surface area contributed by atoms with Crippen molar-refractivity contribution in [3.8, 4) is 26.8 Å². The van der Waals surface area contributed by atoms with Gasteiger partial charge in [-0.25, -0.2) is 9.97 Å². The fourth-order valence-corrected chi connectivity index (χ4v) is 7.06. The van der Waals surface area contributed by atoms with Gasteiger partial charge in [-0.2, -0.15) is 0 Å². The molecule has 0 spiro atoms. The van der Waals surface area contributed by atoms with Gasteiger partial charge in [0.2, 0.25) is 0 Å². The number of para-hydroxylation sites is 3. The maximum Gasteiger partial charge on any atom is 0.124 e. The molecule has 3 nitrogen and oxygen atoms in total. The van der Waals surface area contributed by atoms with E-state index in [0.29, 0.717) is 0 Å². The first-order valence-corrected chi connectivity index (χ1v) is 13.8. The van der Waals surface area contributed by atoms with Crippen molar-refractivity contribution in [2.75, 3.05) is 0 Å². The van der Waals surface area contributed by atoms with Crippen LogP contribution >= 0.6 is 22.7 Å². The van der Waals surface area contributed by atoms with Crippen LogP contribution in [-0.4, -0.2) is 14.5 Å². The highest BCUT2D eigenvalue weighted by Crippen LogP contribution is 2.39. The minimum absolute atomic E-state index is 1.05. The normalized spacial score (nSPS) is 11.8. The van der Waals surface area contributed by atoms with Crippen molar-refractivity contribution in [1.82, 2.24) is 14.5 Å². The summed E-state index contributed by atoms with van der Waals surface area (Å²) in [5, 5.41) is 4.54. The van der Waals surface area contributed by atoms with Crippen molar-refractivity contribution in [2.45, 2.75) is 0 Å². The molecule has 5 aromatic carbocycles. The molecule has 0 N–H and O–H groups in total. The Hall–Kier alpha value is -4.32. The molecule has 0 aliphatic heterocycles. The van der Waals surface area contributed by atoms with Gasteiger partial charge in [0.25, 0.3) is 0 Å². The number of benzene rings is 5. The van der Waals surface area contributed by atoms with Crippen LogP contribution < -0.4 is 0 Å². The van der Waals surface area contributed by atoms with E-state index in [1.54, 1.807) is 22.7 Å². The van der Waals surface area contributed by atoms with Gasteiger partial charge in [0.1, 0.15) is 10.0 Å². The third kappa shape index (κ3) is 3.32. The Morgan fingerprint density at radius 1 is 0.486 bits per heavy atom. The first-order chi connectivity index (χ1) is 18.3. The molecular formula is C32H19N3S2. The van der Waals surface area contributed by atoms with E-state index >= 15 is 0 Å². The Kier molecular flexibility index (Phi) is 4.56. The van der Waals surface area contributed by atoms with Crippen LogP contribution in [0.3, 0.4) is 0 Å². The van der Waals surface area contributed by atoms with Gasteiger partial charge in [-0.1, -0.05) is 42.5 Å². The molecule has 0 aliphatic rings. The van der Waals surface area contributed by atoms with Crippen molar-refractivity contribution >= 4 is 64.9 Å². The second-order valence-corrected chi connectivity index (χ2v) is 11.2. The summed E-state index contributed by atoms with van der Waals surface area (Å²) in [5.74, 6) is 0. The largest absolute Gasteiger partial charge is 0.309 e. The molecule has 8 aromatic rings. The molecule has 0 saturated carbocycles. The molecule has 5 heteroatoms. The molecule has 0 fully saturated rings. The number of hydrogen-bond donors (Lipinski definition) is 0. The maximum absolute atomic E-state index is 4.93. The first kappa shape index (κ1) is 20.8. The molecule has 8 rings (SSSR count). The van der Waals surface area contributed by atoms with Crippen LogP contribution in [0.25, 0.3) is 69.1 Å². The van der Waals surface area contributed by atoms with Gasteiger partial charge >= 0.3 is 0 Å². The average molecular weight is 510 g/mol. The van der Waals surface area contributed by atoms with E-state index in [1.165, 1.54) is 31.2 Å². The zero-order chi connectivity index (χ0) is 24.3. The lowest BCUT2D eigenvalue weighted by atomic mass is 10.1. The van der Waals surface area contributed by atoms with Crippen LogP contribution in [0, 0.1) is 0 Å². The predicted octanol–water partition coefficient (Wildman–Crippen LogP) is 9.34. The van der Waals surface area contributed by atoms with E-state index in [-0.39, 0.29) is 0 Å². The highest BCUT2D eigenvalue weighted by molar-refractivity contribution is 7.22. The Morgan fingerprint density at radius 2 is 0.973 bits per heavy atom. The second kappa shape index (κ2) is 8.10. The highest BCUT2D eigenvalue weighted by atomic mass is 32.1. The average Bonchev–Trinajstić information content (AvgIpc) is 3.66. The molecule has 0 saturated heterocycles. The van der Waals surface area contributed by atoms with Crippen molar-refractivity contribution in [2.24, 2.45) is 0 Å². The van der Waals surface area contributed by atoms with E-state index in [4.69, 9.17) is 9.97 Å². The summed E-state index contributed by atoms with van der Waals surface area (Å²) in [5.41, 5.74) is 7.92. The fraction of sp³-hybridized carbons (Fsp3) is 0. The van der Waals surface area contributed by atoms with Gasteiger partial charge in [0.15, 0.2) is 0 Å². The summed E-state index contributed by atoms with van der Waals surface area (Å²) in [7, 11) is 0. The number of fused-ring (bicyclic) bond motifs is 5. The molecule has 0 unspecified atom stereocenters. The Morgan fingerprint density at radius 3 is 1.49 bits per heavy atom. The number of rotatable bonds is 3. The summed E-state index contributed by atoms with van der Waals surface area (Å²) in [6.07, 6.45) is 0. The first-order valence-electron chi connectivity index (χ1n) is 12.2. The molecule has 0 bridgehead atoms. The third-order valence-electron chi connectivity index (χ3n) is 6.86. The fourth-order valence-electron chi connectivity index (χ4n) is 5.14. The van der Waals surface area contributed by atoms with E-state index < -0.39 is 0 Å². The predicted molar refractivity (Wildman–Crippen MR) is 158 cm³/mol. The molecule has 3 heterocycles. The topological polar surface area (TPSA) is 30.7 Å². The summed E-state index contributed by atoms with van der Waals surface area (Å²) in [4.78, 5) is 9.86. The van der Waals surface area contributed by atoms with Crippen molar-refractivity contribution < 1.29 is 0 Å². The van der Waals surface area contributed by atoms with Crippen LogP contribution in [0.5, 0.6) is 0 Å². The Bertz CT molecular complexity index is 1900. The van der Waals surface area contributed by atoms with Crippen molar-refractivity contribution in [1.29, 1.82) is 0 Å². The molecule has 3 aromatic heterocycles. The lowest BCUT2D eigenvalue weighted by Crippen LogP contribution is -1.93. The minimum Gasteiger partial charge on any atom is -0.309 e. The number of thiazole rings is 2. The van der Waals surface area contributed by atoms with E-state index in [2.05, 4.69) is 108 Å². The molecular weight excluding hydrogens is 491 g/mol. The van der Waals surface area contributed by atoms with Gasteiger partial charge in [0.05, 0.1) is 31.5 Å². The van der Waals surface area contributed by atoms with Gasteiger partial charge in [-0.05, 0) is 72.8 Å². The Labute approximate surface area is 220 Å². The molecule has 0 radical (unpaired) electrons. The molecule has 37 heavy (non-hydrogen) atoms.